The molecule has 0 bridgehead atoms. The van der Waals surface area contributed by atoms with Gasteiger partial charge in [-0.2, -0.15) is 0 Å². The molecule has 0 atom stereocenters. The Morgan fingerprint density at radius 3 is 2.52 bits per heavy atom. The van der Waals surface area contributed by atoms with Crippen LogP contribution in [0.3, 0.4) is 0 Å². The Kier molecular flexibility index (Phi) is 4.80. The minimum Gasteiger partial charge on any atom is -0.341 e. The fraction of sp³-hybridized carbons (Fsp3) is 0.300. The Morgan fingerprint density at radius 1 is 1.00 bits per heavy atom. The van der Waals surface area contributed by atoms with Crippen molar-refractivity contribution in [3.63, 3.8) is 0 Å². The first-order valence-corrected chi connectivity index (χ1v) is 10.6. The van der Waals surface area contributed by atoms with Crippen LogP contribution in [-0.2, 0) is 16.6 Å². The van der Waals surface area contributed by atoms with Crippen molar-refractivity contribution in [1.29, 1.82) is 0 Å². The summed E-state index contributed by atoms with van der Waals surface area (Å²) in [5, 5.41) is 1.91. The highest BCUT2D eigenvalue weighted by Crippen LogP contribution is 2.20. The Labute approximate surface area is 159 Å². The number of nitrogens with zero attached hydrogens (tertiary/aromatic N) is 3. The Morgan fingerprint density at radius 2 is 1.74 bits per heavy atom. The fourth-order valence-electron chi connectivity index (χ4n) is 3.35. The first-order valence-electron chi connectivity index (χ1n) is 9.09. The smallest absolute Gasteiger partial charge is 0.240 e. The van der Waals surface area contributed by atoms with E-state index in [0.29, 0.717) is 11.6 Å². The van der Waals surface area contributed by atoms with E-state index >= 15 is 0 Å². The van der Waals surface area contributed by atoms with Gasteiger partial charge in [0, 0.05) is 18.8 Å². The van der Waals surface area contributed by atoms with Gasteiger partial charge in [0.15, 0.2) is 0 Å². The Hall–Kier alpha value is -2.51. The summed E-state index contributed by atoms with van der Waals surface area (Å²) < 4.78 is 28.1. The number of anilines is 1. The molecule has 27 heavy (non-hydrogen) atoms. The molecule has 0 aliphatic carbocycles. The standard InChI is InChI=1S/C20H22N4O2S/c1-15-12-18(23-20(22-15)24-10-4-5-11-24)14-21-27(25,26)19-9-8-16-6-2-3-7-17(16)13-19/h2-3,6-9,12-13,21H,4-5,10-11,14H2,1H3. The largest absolute Gasteiger partial charge is 0.341 e. The van der Waals surface area contributed by atoms with Crippen molar-refractivity contribution in [2.45, 2.75) is 31.2 Å². The van der Waals surface area contributed by atoms with Gasteiger partial charge in [0.05, 0.1) is 17.1 Å². The average Bonchev–Trinajstić information content (AvgIpc) is 3.20. The molecule has 1 aliphatic rings. The Balaban J connectivity index is 1.54. The summed E-state index contributed by atoms with van der Waals surface area (Å²) in [6.07, 6.45) is 2.28. The molecule has 1 aliphatic heterocycles. The molecule has 2 heterocycles. The lowest BCUT2D eigenvalue weighted by Gasteiger charge is -2.16. The van der Waals surface area contributed by atoms with Gasteiger partial charge in [-0.15, -0.1) is 0 Å². The third-order valence-corrected chi connectivity index (χ3v) is 6.16. The molecular weight excluding hydrogens is 360 g/mol. The summed E-state index contributed by atoms with van der Waals surface area (Å²) in [7, 11) is -3.62. The lowest BCUT2D eigenvalue weighted by molar-refractivity contribution is 0.580. The second kappa shape index (κ2) is 7.25. The van der Waals surface area contributed by atoms with Gasteiger partial charge in [-0.3, -0.25) is 0 Å². The molecule has 1 N–H and O–H groups in total. The van der Waals surface area contributed by atoms with Crippen LogP contribution in [0.5, 0.6) is 0 Å². The van der Waals surface area contributed by atoms with Crippen LogP contribution in [0.2, 0.25) is 0 Å². The highest BCUT2D eigenvalue weighted by molar-refractivity contribution is 7.89. The van der Waals surface area contributed by atoms with E-state index in [9.17, 15) is 8.42 Å². The van der Waals surface area contributed by atoms with Gasteiger partial charge in [-0.1, -0.05) is 30.3 Å². The third kappa shape index (κ3) is 3.94. The number of hydrogen-bond acceptors (Lipinski definition) is 5. The zero-order valence-corrected chi connectivity index (χ0v) is 16.0. The number of fused-ring (bicyclic) bond motifs is 1. The maximum Gasteiger partial charge on any atom is 0.240 e. The average molecular weight is 382 g/mol. The molecule has 140 valence electrons. The lowest BCUT2D eigenvalue weighted by Crippen LogP contribution is -2.25. The van der Waals surface area contributed by atoms with Gasteiger partial charge in [-0.25, -0.2) is 23.1 Å². The van der Waals surface area contributed by atoms with E-state index in [4.69, 9.17) is 0 Å². The second-order valence-electron chi connectivity index (χ2n) is 6.83. The molecule has 1 fully saturated rings. The summed E-state index contributed by atoms with van der Waals surface area (Å²) in [5.41, 5.74) is 1.51. The number of nitrogens with one attached hydrogen (secondary N) is 1. The van der Waals surface area contributed by atoms with E-state index in [2.05, 4.69) is 19.6 Å². The van der Waals surface area contributed by atoms with E-state index in [1.807, 2.05) is 43.3 Å². The molecule has 0 amide bonds. The highest BCUT2D eigenvalue weighted by Gasteiger charge is 2.18. The molecule has 0 unspecified atom stereocenters. The lowest BCUT2D eigenvalue weighted by atomic mass is 10.1. The van der Waals surface area contributed by atoms with E-state index in [1.165, 1.54) is 0 Å². The summed E-state index contributed by atoms with van der Waals surface area (Å²) in [5.74, 6) is 0.687. The van der Waals surface area contributed by atoms with Crippen LogP contribution in [-0.4, -0.2) is 31.5 Å². The summed E-state index contributed by atoms with van der Waals surface area (Å²) in [4.78, 5) is 11.4. The summed E-state index contributed by atoms with van der Waals surface area (Å²) in [6.45, 7) is 3.94. The molecule has 3 aromatic rings. The fourth-order valence-corrected chi connectivity index (χ4v) is 4.39. The molecule has 1 saturated heterocycles. The molecule has 6 nitrogen and oxygen atoms in total. The van der Waals surface area contributed by atoms with Crippen molar-refractivity contribution < 1.29 is 8.42 Å². The molecule has 0 spiro atoms. The van der Waals surface area contributed by atoms with Crippen LogP contribution in [0.1, 0.15) is 24.2 Å². The van der Waals surface area contributed by atoms with Crippen LogP contribution in [0.4, 0.5) is 5.95 Å². The minimum absolute atomic E-state index is 0.138. The summed E-state index contributed by atoms with van der Waals surface area (Å²) >= 11 is 0. The van der Waals surface area contributed by atoms with Crippen LogP contribution in [0.25, 0.3) is 10.8 Å². The molecule has 4 rings (SSSR count). The second-order valence-corrected chi connectivity index (χ2v) is 8.60. The predicted molar refractivity (Wildman–Crippen MR) is 106 cm³/mol. The van der Waals surface area contributed by atoms with Gasteiger partial charge in [0.2, 0.25) is 16.0 Å². The van der Waals surface area contributed by atoms with Crippen molar-refractivity contribution in [3.05, 3.63) is 59.9 Å². The maximum atomic E-state index is 12.7. The van der Waals surface area contributed by atoms with E-state index in [1.54, 1.807) is 12.1 Å². The monoisotopic (exact) mass is 382 g/mol. The SMILES string of the molecule is Cc1cc(CNS(=O)(=O)c2ccc3ccccc3c2)nc(N2CCCC2)n1. The van der Waals surface area contributed by atoms with Gasteiger partial charge in [0.25, 0.3) is 0 Å². The third-order valence-electron chi connectivity index (χ3n) is 4.76. The first-order chi connectivity index (χ1) is 13.0. The van der Waals surface area contributed by atoms with Crippen LogP contribution in [0.15, 0.2) is 53.4 Å². The van der Waals surface area contributed by atoms with Crippen molar-refractivity contribution in [2.75, 3.05) is 18.0 Å². The first kappa shape index (κ1) is 17.9. The summed E-state index contributed by atoms with van der Waals surface area (Å²) in [6, 6.07) is 14.7. The number of rotatable bonds is 5. The topological polar surface area (TPSA) is 75.2 Å². The van der Waals surface area contributed by atoms with Crippen LogP contribution >= 0.6 is 0 Å². The number of aromatic nitrogens is 2. The zero-order valence-electron chi connectivity index (χ0n) is 15.2. The number of hydrogen-bond donors (Lipinski definition) is 1. The molecule has 0 radical (unpaired) electrons. The van der Waals surface area contributed by atoms with Gasteiger partial charge < -0.3 is 4.90 Å². The van der Waals surface area contributed by atoms with E-state index < -0.39 is 10.0 Å². The number of sulfonamides is 1. The van der Waals surface area contributed by atoms with Crippen LogP contribution in [0, 0.1) is 6.92 Å². The molecule has 1 aromatic heterocycles. The molecule has 2 aromatic carbocycles. The quantitative estimate of drug-likeness (QED) is 0.734. The minimum atomic E-state index is -3.62. The van der Waals surface area contributed by atoms with E-state index in [0.717, 1.165) is 42.4 Å². The zero-order chi connectivity index (χ0) is 18.9. The number of aryl methyl sites for hydroxylation is 1. The Bertz CT molecular complexity index is 1080. The van der Waals surface area contributed by atoms with Crippen molar-refractivity contribution in [1.82, 2.24) is 14.7 Å². The van der Waals surface area contributed by atoms with Gasteiger partial charge in [-0.05, 0) is 48.7 Å². The molecule has 7 heteroatoms. The van der Waals surface area contributed by atoms with Crippen molar-refractivity contribution >= 4 is 26.7 Å². The normalized spacial score (nSPS) is 14.8. The highest BCUT2D eigenvalue weighted by atomic mass is 32.2. The van der Waals surface area contributed by atoms with Gasteiger partial charge >= 0.3 is 0 Å². The maximum absolute atomic E-state index is 12.7. The van der Waals surface area contributed by atoms with Crippen molar-refractivity contribution in [2.24, 2.45) is 0 Å². The molecule has 0 saturated carbocycles. The van der Waals surface area contributed by atoms with Gasteiger partial charge in [0.1, 0.15) is 0 Å². The van der Waals surface area contributed by atoms with E-state index in [-0.39, 0.29) is 11.4 Å². The predicted octanol–water partition coefficient (Wildman–Crippen LogP) is 3.02. The van der Waals surface area contributed by atoms with Crippen LogP contribution < -0.4 is 9.62 Å². The van der Waals surface area contributed by atoms with Crippen molar-refractivity contribution in [3.8, 4) is 0 Å². The molecular formula is C20H22N4O2S. The number of benzene rings is 2.